The molecule has 106 valence electrons. The zero-order chi connectivity index (χ0) is 15.0. The fourth-order valence-electron chi connectivity index (χ4n) is 1.93. The molecule has 0 aliphatic heterocycles. The van der Waals surface area contributed by atoms with Crippen LogP contribution in [0.5, 0.6) is 0 Å². The minimum Gasteiger partial charge on any atom is -0.397 e. The second kappa shape index (κ2) is 5.18. The van der Waals surface area contributed by atoms with E-state index in [9.17, 15) is 9.59 Å². The highest BCUT2D eigenvalue weighted by Gasteiger charge is 2.22. The van der Waals surface area contributed by atoms with Crippen molar-refractivity contribution in [2.75, 3.05) is 19.9 Å². The Labute approximate surface area is 120 Å². The van der Waals surface area contributed by atoms with E-state index < -0.39 is 0 Å². The number of aryl methyl sites for hydroxylation is 1. The summed E-state index contributed by atoms with van der Waals surface area (Å²) in [6.45, 7) is 3.23. The quantitative estimate of drug-likeness (QED) is 0.691. The predicted molar refractivity (Wildman–Crippen MR) is 77.9 cm³/mol. The monoisotopic (exact) mass is 293 g/mol. The first-order valence-corrected chi connectivity index (χ1v) is 6.71. The Morgan fingerprint density at radius 3 is 2.65 bits per heavy atom. The van der Waals surface area contributed by atoms with Gasteiger partial charge in [-0.15, -0.1) is 11.3 Å². The normalized spacial score (nSPS) is 10.8. The van der Waals surface area contributed by atoms with Gasteiger partial charge in [0.25, 0.3) is 5.91 Å². The largest absolute Gasteiger partial charge is 0.397 e. The number of fused-ring (bicyclic) bond motifs is 1. The third-order valence-electron chi connectivity index (χ3n) is 2.94. The molecule has 20 heavy (non-hydrogen) atoms. The van der Waals surface area contributed by atoms with Crippen molar-refractivity contribution in [2.24, 2.45) is 0 Å². The van der Waals surface area contributed by atoms with Crippen LogP contribution in [0.25, 0.3) is 10.2 Å². The van der Waals surface area contributed by atoms with Gasteiger partial charge >= 0.3 is 0 Å². The van der Waals surface area contributed by atoms with Crippen LogP contribution >= 0.6 is 11.3 Å². The van der Waals surface area contributed by atoms with Gasteiger partial charge < -0.3 is 5.73 Å². The van der Waals surface area contributed by atoms with Crippen LogP contribution in [0.2, 0.25) is 0 Å². The van der Waals surface area contributed by atoms with Gasteiger partial charge in [-0.2, -0.15) is 0 Å². The van der Waals surface area contributed by atoms with Gasteiger partial charge in [-0.1, -0.05) is 0 Å². The van der Waals surface area contributed by atoms with Crippen molar-refractivity contribution in [1.82, 2.24) is 10.0 Å². The molecule has 0 atom stereocenters. The number of nitrogens with two attached hydrogens (primary N) is 1. The molecule has 7 heteroatoms. The van der Waals surface area contributed by atoms with Crippen LogP contribution in [0.3, 0.4) is 0 Å². The molecule has 0 aromatic carbocycles. The number of anilines is 1. The Morgan fingerprint density at radius 2 is 2.10 bits per heavy atom. The van der Waals surface area contributed by atoms with Crippen LogP contribution in [-0.2, 0) is 4.84 Å². The maximum absolute atomic E-state index is 12.3. The van der Waals surface area contributed by atoms with E-state index in [0.29, 0.717) is 32.0 Å². The molecule has 0 aliphatic rings. The van der Waals surface area contributed by atoms with Gasteiger partial charge in [0.05, 0.1) is 23.2 Å². The van der Waals surface area contributed by atoms with Crippen molar-refractivity contribution < 1.29 is 14.4 Å². The lowest BCUT2D eigenvalue weighted by atomic mass is 10.1. The number of pyridine rings is 1. The minimum absolute atomic E-state index is 0.137. The highest BCUT2D eigenvalue weighted by atomic mass is 32.1. The fraction of sp³-hybridized carbons (Fsp3) is 0.308. The molecule has 0 spiro atoms. The lowest BCUT2D eigenvalue weighted by Gasteiger charge is -2.14. The first-order chi connectivity index (χ1) is 9.36. The predicted octanol–water partition coefficient (Wildman–Crippen LogP) is 2.02. The Morgan fingerprint density at radius 1 is 1.45 bits per heavy atom. The highest BCUT2D eigenvalue weighted by Crippen LogP contribution is 2.35. The van der Waals surface area contributed by atoms with Crippen molar-refractivity contribution in [1.29, 1.82) is 0 Å². The van der Waals surface area contributed by atoms with Crippen LogP contribution < -0.4 is 5.73 Å². The number of nitrogens with zero attached hydrogens (tertiary/aromatic N) is 2. The maximum atomic E-state index is 12.3. The topological polar surface area (TPSA) is 85.5 Å². The first kappa shape index (κ1) is 14.4. The van der Waals surface area contributed by atoms with Crippen LogP contribution in [0.15, 0.2) is 6.07 Å². The average Bonchev–Trinajstić information content (AvgIpc) is 2.73. The summed E-state index contributed by atoms with van der Waals surface area (Å²) in [6.07, 6.45) is 0. The molecule has 2 aromatic heterocycles. The molecule has 0 radical (unpaired) electrons. The second-order valence-corrected chi connectivity index (χ2v) is 5.38. The summed E-state index contributed by atoms with van der Waals surface area (Å²) < 4.78 is 0. The molecular formula is C13H15N3O3S. The number of carbonyl (C=O) groups is 2. The maximum Gasteiger partial charge on any atom is 0.278 e. The molecule has 2 rings (SSSR count). The summed E-state index contributed by atoms with van der Waals surface area (Å²) >= 11 is 1.20. The number of hydrogen-bond acceptors (Lipinski definition) is 6. The van der Waals surface area contributed by atoms with Crippen LogP contribution in [0, 0.1) is 6.92 Å². The van der Waals surface area contributed by atoms with E-state index in [0.717, 1.165) is 5.06 Å². The van der Waals surface area contributed by atoms with Crippen molar-refractivity contribution in [3.63, 3.8) is 0 Å². The summed E-state index contributed by atoms with van der Waals surface area (Å²) in [5.74, 6) is -0.468. The molecule has 0 aliphatic carbocycles. The zero-order valence-electron chi connectivity index (χ0n) is 11.7. The number of ketones is 1. The number of amides is 1. The van der Waals surface area contributed by atoms with E-state index in [-0.39, 0.29) is 11.7 Å². The number of aromatic nitrogens is 1. The number of nitrogen functional groups attached to an aromatic ring is 1. The van der Waals surface area contributed by atoms with Crippen LogP contribution in [0.1, 0.15) is 32.6 Å². The molecule has 0 saturated carbocycles. The van der Waals surface area contributed by atoms with Crippen molar-refractivity contribution >= 4 is 38.9 Å². The number of hydrogen-bond donors (Lipinski definition) is 1. The second-order valence-electron chi connectivity index (χ2n) is 4.38. The summed E-state index contributed by atoms with van der Waals surface area (Å²) in [5.41, 5.74) is 7.38. The fourth-order valence-corrected chi connectivity index (χ4v) is 2.99. The smallest absolute Gasteiger partial charge is 0.278 e. The summed E-state index contributed by atoms with van der Waals surface area (Å²) in [4.78, 5) is 34.1. The molecule has 0 fully saturated rings. The van der Waals surface area contributed by atoms with Crippen molar-refractivity contribution in [2.45, 2.75) is 13.8 Å². The van der Waals surface area contributed by atoms with Gasteiger partial charge in [-0.05, 0) is 13.0 Å². The SMILES string of the molecule is CON(C)C(=O)c1cc(C)nc2sc(C(C)=O)c(N)c12. The number of Topliss-reactive ketones (excluding diaryl/α,β-unsaturated/α-hetero) is 1. The molecule has 0 unspecified atom stereocenters. The van der Waals surface area contributed by atoms with Gasteiger partial charge in [-0.3, -0.25) is 14.4 Å². The summed E-state index contributed by atoms with van der Waals surface area (Å²) in [5, 5.41) is 1.62. The third kappa shape index (κ3) is 2.25. The Balaban J connectivity index is 2.77. The van der Waals surface area contributed by atoms with E-state index in [1.54, 1.807) is 13.0 Å². The van der Waals surface area contributed by atoms with E-state index >= 15 is 0 Å². The van der Waals surface area contributed by atoms with E-state index in [1.807, 2.05) is 0 Å². The van der Waals surface area contributed by atoms with Gasteiger partial charge in [0.15, 0.2) is 5.78 Å². The average molecular weight is 293 g/mol. The molecule has 1 amide bonds. The van der Waals surface area contributed by atoms with Crippen molar-refractivity contribution in [3.8, 4) is 0 Å². The molecular weight excluding hydrogens is 278 g/mol. The molecule has 2 aromatic rings. The van der Waals surface area contributed by atoms with Crippen LogP contribution in [-0.4, -0.2) is 35.9 Å². The lowest BCUT2D eigenvalue weighted by Crippen LogP contribution is -2.25. The first-order valence-electron chi connectivity index (χ1n) is 5.89. The molecule has 0 saturated heterocycles. The third-order valence-corrected chi connectivity index (χ3v) is 4.14. The van der Waals surface area contributed by atoms with Gasteiger partial charge in [0, 0.05) is 25.1 Å². The summed E-state index contributed by atoms with van der Waals surface area (Å²) in [7, 11) is 2.92. The van der Waals surface area contributed by atoms with Gasteiger partial charge in [0.2, 0.25) is 0 Å². The standard InChI is InChI=1S/C13H15N3O3S/c1-6-5-8(13(18)16(3)19-4)9-10(14)11(7(2)17)20-12(9)15-6/h5H,14H2,1-4H3. The van der Waals surface area contributed by atoms with Crippen LogP contribution in [0.4, 0.5) is 5.69 Å². The van der Waals surface area contributed by atoms with Crippen molar-refractivity contribution in [3.05, 3.63) is 22.2 Å². The minimum atomic E-state index is -0.331. The highest BCUT2D eigenvalue weighted by molar-refractivity contribution is 7.21. The molecule has 2 N–H and O–H groups in total. The number of thiophene rings is 1. The molecule has 6 nitrogen and oxygen atoms in total. The Bertz CT molecular complexity index is 708. The van der Waals surface area contributed by atoms with E-state index in [2.05, 4.69) is 4.98 Å². The summed E-state index contributed by atoms with van der Waals surface area (Å²) in [6, 6.07) is 1.65. The number of hydroxylamine groups is 2. The Hall–Kier alpha value is -1.99. The van der Waals surface area contributed by atoms with E-state index in [4.69, 9.17) is 10.6 Å². The van der Waals surface area contributed by atoms with Gasteiger partial charge in [0.1, 0.15) is 4.83 Å². The zero-order valence-corrected chi connectivity index (χ0v) is 12.5. The molecule has 2 heterocycles. The number of carbonyl (C=O) groups excluding carboxylic acids is 2. The van der Waals surface area contributed by atoms with Gasteiger partial charge in [-0.25, -0.2) is 10.0 Å². The Kier molecular flexibility index (Phi) is 3.74. The van der Waals surface area contributed by atoms with E-state index in [1.165, 1.54) is 32.4 Å². The molecule has 0 bridgehead atoms. The number of rotatable bonds is 3. The lowest BCUT2D eigenvalue weighted by molar-refractivity contribution is -0.0755.